The highest BCUT2D eigenvalue weighted by atomic mass is 16.5. The van der Waals surface area contributed by atoms with E-state index in [0.717, 1.165) is 34.1 Å². The fourth-order valence-electron chi connectivity index (χ4n) is 4.34. The second-order valence-electron chi connectivity index (χ2n) is 9.06. The molecule has 0 unspecified atom stereocenters. The average molecular weight is 510 g/mol. The molecule has 2 heterocycles. The Morgan fingerprint density at radius 2 is 1.50 bits per heavy atom. The van der Waals surface area contributed by atoms with Crippen molar-refractivity contribution in [3.63, 3.8) is 0 Å². The Bertz CT molecular complexity index is 1390. The molecule has 0 radical (unpaired) electrons. The minimum atomic E-state index is -0.722. The molecule has 0 bridgehead atoms. The SMILES string of the molecule is Cn1nc(-c2ccccc2)c(CN(Cc2ccco2)C[C@H](O)COc2ccccc2)c1Oc1ccccc1. The second kappa shape index (κ2) is 12.3. The zero-order valence-corrected chi connectivity index (χ0v) is 21.3. The number of rotatable bonds is 12. The summed E-state index contributed by atoms with van der Waals surface area (Å²) in [5.41, 5.74) is 2.75. The molecular weight excluding hydrogens is 478 g/mol. The number of nitrogens with zero attached hydrogens (tertiary/aromatic N) is 3. The monoisotopic (exact) mass is 509 g/mol. The minimum Gasteiger partial charge on any atom is -0.491 e. The van der Waals surface area contributed by atoms with Gasteiger partial charge < -0.3 is 19.0 Å². The molecule has 194 valence electrons. The highest BCUT2D eigenvalue weighted by Gasteiger charge is 2.24. The lowest BCUT2D eigenvalue weighted by Crippen LogP contribution is -2.35. The van der Waals surface area contributed by atoms with Crippen molar-refractivity contribution >= 4 is 0 Å². The number of ether oxygens (including phenoxy) is 2. The molecule has 7 nitrogen and oxygen atoms in total. The van der Waals surface area contributed by atoms with Gasteiger partial charge in [-0.2, -0.15) is 5.10 Å². The molecule has 0 saturated carbocycles. The molecule has 7 heteroatoms. The van der Waals surface area contributed by atoms with Crippen LogP contribution in [0.25, 0.3) is 11.3 Å². The molecule has 5 aromatic rings. The third-order valence-electron chi connectivity index (χ3n) is 6.09. The first-order valence-corrected chi connectivity index (χ1v) is 12.6. The van der Waals surface area contributed by atoms with Gasteiger partial charge in [-0.3, -0.25) is 4.90 Å². The average Bonchev–Trinajstić information content (AvgIpc) is 3.57. The summed E-state index contributed by atoms with van der Waals surface area (Å²) in [6.45, 7) is 1.51. The van der Waals surface area contributed by atoms with Crippen LogP contribution >= 0.6 is 0 Å². The van der Waals surface area contributed by atoms with Crippen molar-refractivity contribution in [2.75, 3.05) is 13.2 Å². The number of aliphatic hydroxyl groups excluding tert-OH is 1. The third-order valence-corrected chi connectivity index (χ3v) is 6.09. The molecular formula is C31H31N3O4. The van der Waals surface area contributed by atoms with E-state index in [-0.39, 0.29) is 6.61 Å². The number of aromatic nitrogens is 2. The summed E-state index contributed by atoms with van der Waals surface area (Å²) in [4.78, 5) is 2.12. The van der Waals surface area contributed by atoms with Crippen LogP contribution < -0.4 is 9.47 Å². The topological polar surface area (TPSA) is 72.9 Å². The Labute approximate surface area is 222 Å². The van der Waals surface area contributed by atoms with E-state index in [1.165, 1.54) is 0 Å². The second-order valence-corrected chi connectivity index (χ2v) is 9.06. The van der Waals surface area contributed by atoms with Gasteiger partial charge in [0, 0.05) is 25.7 Å². The van der Waals surface area contributed by atoms with Crippen LogP contribution in [0.3, 0.4) is 0 Å². The van der Waals surface area contributed by atoms with E-state index < -0.39 is 6.10 Å². The van der Waals surface area contributed by atoms with Crippen LogP contribution in [-0.2, 0) is 20.1 Å². The van der Waals surface area contributed by atoms with E-state index in [2.05, 4.69) is 4.90 Å². The van der Waals surface area contributed by atoms with Crippen LogP contribution in [0, 0.1) is 0 Å². The lowest BCUT2D eigenvalue weighted by molar-refractivity contribution is 0.0602. The van der Waals surface area contributed by atoms with E-state index in [1.807, 2.05) is 110 Å². The van der Waals surface area contributed by atoms with Crippen LogP contribution in [0.2, 0.25) is 0 Å². The van der Waals surface area contributed by atoms with Crippen molar-refractivity contribution in [1.82, 2.24) is 14.7 Å². The number of aliphatic hydroxyl groups is 1. The molecule has 38 heavy (non-hydrogen) atoms. The van der Waals surface area contributed by atoms with Gasteiger partial charge in [0.05, 0.1) is 18.4 Å². The summed E-state index contributed by atoms with van der Waals surface area (Å²) in [5.74, 6) is 2.90. The lowest BCUT2D eigenvalue weighted by atomic mass is 10.1. The molecule has 0 spiro atoms. The zero-order chi connectivity index (χ0) is 26.2. The maximum absolute atomic E-state index is 10.9. The summed E-state index contributed by atoms with van der Waals surface area (Å²) in [5, 5.41) is 15.8. The lowest BCUT2D eigenvalue weighted by Gasteiger charge is -2.25. The number of aryl methyl sites for hydroxylation is 1. The summed E-state index contributed by atoms with van der Waals surface area (Å²) < 4.78 is 19.6. The number of hydrogen-bond acceptors (Lipinski definition) is 6. The molecule has 3 aromatic carbocycles. The van der Waals surface area contributed by atoms with Gasteiger partial charge in [0.1, 0.15) is 35.7 Å². The van der Waals surface area contributed by atoms with E-state index in [9.17, 15) is 5.11 Å². The van der Waals surface area contributed by atoms with Crippen molar-refractivity contribution in [3.05, 3.63) is 121 Å². The van der Waals surface area contributed by atoms with Crippen LogP contribution in [0.5, 0.6) is 17.4 Å². The predicted molar refractivity (Wildman–Crippen MR) is 146 cm³/mol. The quantitative estimate of drug-likeness (QED) is 0.225. The summed E-state index contributed by atoms with van der Waals surface area (Å²) in [6.07, 6.45) is 0.937. The van der Waals surface area contributed by atoms with E-state index in [0.29, 0.717) is 25.5 Å². The molecule has 1 N–H and O–H groups in total. The number of para-hydroxylation sites is 2. The Balaban J connectivity index is 1.43. The maximum atomic E-state index is 10.9. The number of hydrogen-bond donors (Lipinski definition) is 1. The van der Waals surface area contributed by atoms with Gasteiger partial charge in [0.15, 0.2) is 0 Å². The number of furan rings is 1. The third kappa shape index (κ3) is 6.51. The van der Waals surface area contributed by atoms with Gasteiger partial charge in [-0.25, -0.2) is 4.68 Å². The highest BCUT2D eigenvalue weighted by molar-refractivity contribution is 5.65. The van der Waals surface area contributed by atoms with Crippen molar-refractivity contribution in [2.45, 2.75) is 19.2 Å². The molecule has 0 aliphatic rings. The van der Waals surface area contributed by atoms with Crippen LogP contribution in [0.4, 0.5) is 0 Å². The maximum Gasteiger partial charge on any atom is 0.222 e. The zero-order valence-electron chi connectivity index (χ0n) is 21.3. The van der Waals surface area contributed by atoms with Gasteiger partial charge in [0.25, 0.3) is 0 Å². The molecule has 2 aromatic heterocycles. The van der Waals surface area contributed by atoms with Crippen molar-refractivity contribution < 1.29 is 19.0 Å². The van der Waals surface area contributed by atoms with Crippen LogP contribution in [0.15, 0.2) is 114 Å². The van der Waals surface area contributed by atoms with E-state index in [4.69, 9.17) is 19.0 Å². The fraction of sp³-hybridized carbons (Fsp3) is 0.194. The van der Waals surface area contributed by atoms with Crippen LogP contribution in [-0.4, -0.2) is 39.0 Å². The van der Waals surface area contributed by atoms with Gasteiger partial charge in [0.2, 0.25) is 5.88 Å². The van der Waals surface area contributed by atoms with Crippen LogP contribution in [0.1, 0.15) is 11.3 Å². The smallest absolute Gasteiger partial charge is 0.222 e. The Hall–Kier alpha value is -4.33. The Kier molecular flexibility index (Phi) is 8.18. The van der Waals surface area contributed by atoms with Gasteiger partial charge in [-0.1, -0.05) is 66.7 Å². The fourth-order valence-corrected chi connectivity index (χ4v) is 4.34. The molecule has 5 rings (SSSR count). The van der Waals surface area contributed by atoms with Crippen molar-refractivity contribution in [1.29, 1.82) is 0 Å². The van der Waals surface area contributed by atoms with Gasteiger partial charge >= 0.3 is 0 Å². The summed E-state index contributed by atoms with van der Waals surface area (Å²) >= 11 is 0. The molecule has 0 fully saturated rings. The molecule has 1 atom stereocenters. The molecule has 0 aliphatic heterocycles. The summed E-state index contributed by atoms with van der Waals surface area (Å²) in [7, 11) is 1.88. The van der Waals surface area contributed by atoms with E-state index >= 15 is 0 Å². The predicted octanol–water partition coefficient (Wildman–Crippen LogP) is 5.91. The standard InChI is InChI=1S/C31H31N3O4/c1-33-31(38-27-16-9-4-10-17-27)29(30(32-33)24-12-5-2-6-13-24)22-34(21-28-18-11-19-36-28)20-25(35)23-37-26-14-7-3-8-15-26/h2-19,25,35H,20-23H2,1H3/t25-/m0/s1. The molecule has 0 saturated heterocycles. The minimum absolute atomic E-state index is 0.171. The first-order chi connectivity index (χ1) is 18.7. The van der Waals surface area contributed by atoms with Crippen molar-refractivity contribution in [2.24, 2.45) is 7.05 Å². The normalized spacial score (nSPS) is 12.0. The number of benzene rings is 3. The molecule has 0 aliphatic carbocycles. The van der Waals surface area contributed by atoms with Gasteiger partial charge in [-0.15, -0.1) is 0 Å². The summed E-state index contributed by atoms with van der Waals surface area (Å²) in [6, 6.07) is 33.0. The largest absolute Gasteiger partial charge is 0.491 e. The van der Waals surface area contributed by atoms with Crippen molar-refractivity contribution in [3.8, 4) is 28.6 Å². The molecule has 0 amide bonds. The Morgan fingerprint density at radius 3 is 2.16 bits per heavy atom. The van der Waals surface area contributed by atoms with Gasteiger partial charge in [-0.05, 0) is 36.4 Å². The first-order valence-electron chi connectivity index (χ1n) is 12.6. The van der Waals surface area contributed by atoms with E-state index in [1.54, 1.807) is 10.9 Å². The first kappa shape index (κ1) is 25.3. The Morgan fingerprint density at radius 1 is 0.842 bits per heavy atom. The highest BCUT2D eigenvalue weighted by Crippen LogP contribution is 2.34.